The Hall–Kier alpha value is -1.44. The molecule has 1 heterocycles. The second-order valence-electron chi connectivity index (χ2n) is 7.88. The van der Waals surface area contributed by atoms with Gasteiger partial charge >= 0.3 is 0 Å². The van der Waals surface area contributed by atoms with Gasteiger partial charge in [0.05, 0.1) is 23.0 Å². The highest BCUT2D eigenvalue weighted by molar-refractivity contribution is 7.89. The van der Waals surface area contributed by atoms with Crippen molar-refractivity contribution in [1.82, 2.24) is 9.21 Å². The summed E-state index contributed by atoms with van der Waals surface area (Å²) in [5.74, 6) is -0.400. The van der Waals surface area contributed by atoms with E-state index in [4.69, 9.17) is 0 Å². The first-order chi connectivity index (χ1) is 12.8. The molecule has 1 unspecified atom stereocenters. The van der Waals surface area contributed by atoms with Crippen molar-refractivity contribution in [3.8, 4) is 0 Å². The van der Waals surface area contributed by atoms with Gasteiger partial charge in [0.2, 0.25) is 15.9 Å². The van der Waals surface area contributed by atoms with Gasteiger partial charge in [-0.05, 0) is 44.7 Å². The Labute approximate surface area is 162 Å². The monoisotopic (exact) mass is 394 g/mol. The molecule has 1 aromatic rings. The summed E-state index contributed by atoms with van der Waals surface area (Å²) in [5.41, 5.74) is 1.01. The summed E-state index contributed by atoms with van der Waals surface area (Å²) in [6, 6.07) is 6.67. The summed E-state index contributed by atoms with van der Waals surface area (Å²) in [7, 11) is -1.85. The third-order valence-corrected chi connectivity index (χ3v) is 7.81. The molecule has 150 valence electrons. The van der Waals surface area contributed by atoms with Crippen molar-refractivity contribution in [2.75, 3.05) is 20.1 Å². The van der Waals surface area contributed by atoms with Gasteiger partial charge in [-0.25, -0.2) is 8.42 Å². The van der Waals surface area contributed by atoms with Gasteiger partial charge in [0.1, 0.15) is 0 Å². The maximum absolute atomic E-state index is 13.0. The van der Waals surface area contributed by atoms with Crippen molar-refractivity contribution < 1.29 is 18.3 Å². The van der Waals surface area contributed by atoms with Crippen LogP contribution in [0.2, 0.25) is 0 Å². The molecule has 0 aromatic heterocycles. The second kappa shape index (κ2) is 8.29. The van der Waals surface area contributed by atoms with Crippen molar-refractivity contribution in [1.29, 1.82) is 0 Å². The Morgan fingerprint density at radius 1 is 1.11 bits per heavy atom. The Kier molecular flexibility index (Phi) is 6.23. The highest BCUT2D eigenvalue weighted by atomic mass is 32.2. The minimum Gasteiger partial charge on any atom is -0.391 e. The molecule has 0 bridgehead atoms. The quantitative estimate of drug-likeness (QED) is 0.849. The van der Waals surface area contributed by atoms with Crippen LogP contribution in [0.5, 0.6) is 0 Å². The molecule has 3 rings (SSSR count). The van der Waals surface area contributed by atoms with Crippen molar-refractivity contribution in [3.63, 3.8) is 0 Å². The average molecular weight is 395 g/mol. The molecule has 1 saturated carbocycles. The molecule has 1 amide bonds. The van der Waals surface area contributed by atoms with Crippen LogP contribution < -0.4 is 0 Å². The third kappa shape index (κ3) is 4.36. The second-order valence-corrected chi connectivity index (χ2v) is 9.82. The predicted octanol–water partition coefficient (Wildman–Crippen LogP) is 2.16. The fourth-order valence-electron chi connectivity index (χ4n) is 4.22. The molecule has 7 heteroatoms. The minimum atomic E-state index is -3.59. The summed E-state index contributed by atoms with van der Waals surface area (Å²) in [6.07, 6.45) is 4.41. The van der Waals surface area contributed by atoms with Crippen LogP contribution >= 0.6 is 0 Å². The zero-order valence-corrected chi connectivity index (χ0v) is 17.0. The number of carbonyl (C=O) groups excluding carboxylic acids is 1. The molecule has 2 aliphatic rings. The molecular formula is C20H30N2O4S. The van der Waals surface area contributed by atoms with Gasteiger partial charge in [0, 0.05) is 20.1 Å². The lowest BCUT2D eigenvalue weighted by molar-refractivity contribution is -0.140. The van der Waals surface area contributed by atoms with Crippen LogP contribution in [0.1, 0.15) is 44.1 Å². The standard InChI is InChI=1S/C20H30N2O4S/c1-15-9-11-17(12-10-15)27(25,26)22-13-5-6-16(14-22)20(24)21(2)18-7-3-4-8-19(18)23/h9-12,16,18-19,23H,3-8,13-14H2,1-2H3/t16?,18-,19-/m1/s1. The lowest BCUT2D eigenvalue weighted by Crippen LogP contribution is -2.51. The van der Waals surface area contributed by atoms with E-state index in [-0.39, 0.29) is 29.3 Å². The zero-order chi connectivity index (χ0) is 19.6. The van der Waals surface area contributed by atoms with Gasteiger partial charge in [0.15, 0.2) is 0 Å². The fraction of sp³-hybridized carbons (Fsp3) is 0.650. The van der Waals surface area contributed by atoms with Crippen LogP contribution in [0.3, 0.4) is 0 Å². The fourth-order valence-corrected chi connectivity index (χ4v) is 5.74. The Morgan fingerprint density at radius 2 is 1.78 bits per heavy atom. The summed E-state index contributed by atoms with van der Waals surface area (Å²) in [4.78, 5) is 14.9. The third-order valence-electron chi connectivity index (χ3n) is 5.93. The van der Waals surface area contributed by atoms with Gasteiger partial charge in [-0.2, -0.15) is 4.31 Å². The smallest absolute Gasteiger partial charge is 0.243 e. The van der Waals surface area contributed by atoms with Crippen molar-refractivity contribution in [2.45, 2.75) is 62.5 Å². The number of sulfonamides is 1. The van der Waals surface area contributed by atoms with Crippen LogP contribution in [0, 0.1) is 12.8 Å². The largest absolute Gasteiger partial charge is 0.391 e. The van der Waals surface area contributed by atoms with E-state index < -0.39 is 16.1 Å². The van der Waals surface area contributed by atoms with Gasteiger partial charge < -0.3 is 10.0 Å². The molecule has 0 spiro atoms. The Balaban J connectivity index is 1.71. The van der Waals surface area contributed by atoms with E-state index in [0.29, 0.717) is 19.4 Å². The maximum Gasteiger partial charge on any atom is 0.243 e. The normalized spacial score (nSPS) is 27.3. The Morgan fingerprint density at radius 3 is 2.44 bits per heavy atom. The molecule has 3 atom stereocenters. The van der Waals surface area contributed by atoms with Crippen molar-refractivity contribution >= 4 is 15.9 Å². The number of aliphatic hydroxyl groups excluding tert-OH is 1. The number of piperidine rings is 1. The number of benzene rings is 1. The average Bonchev–Trinajstić information content (AvgIpc) is 2.67. The molecular weight excluding hydrogens is 364 g/mol. The van der Waals surface area contributed by atoms with Crippen LogP contribution in [-0.4, -0.2) is 60.9 Å². The lowest BCUT2D eigenvalue weighted by Gasteiger charge is -2.39. The number of likely N-dealkylation sites (N-methyl/N-ethyl adjacent to an activating group) is 1. The molecule has 1 aliphatic carbocycles. The first-order valence-electron chi connectivity index (χ1n) is 9.82. The van der Waals surface area contributed by atoms with E-state index in [0.717, 1.165) is 31.2 Å². The molecule has 6 nitrogen and oxygen atoms in total. The SMILES string of the molecule is Cc1ccc(S(=O)(=O)N2CCCC(C(=O)N(C)[C@@H]3CCCC[C@H]3O)C2)cc1. The van der Waals surface area contributed by atoms with Crippen LogP contribution in [0.15, 0.2) is 29.2 Å². The van der Waals surface area contributed by atoms with Crippen LogP contribution in [-0.2, 0) is 14.8 Å². The highest BCUT2D eigenvalue weighted by Gasteiger charge is 2.37. The van der Waals surface area contributed by atoms with Gasteiger partial charge in [-0.1, -0.05) is 30.5 Å². The molecule has 1 saturated heterocycles. The molecule has 27 heavy (non-hydrogen) atoms. The van der Waals surface area contributed by atoms with E-state index in [1.54, 1.807) is 36.2 Å². The number of aliphatic hydroxyl groups is 1. The lowest BCUT2D eigenvalue weighted by atomic mass is 9.90. The van der Waals surface area contributed by atoms with E-state index in [2.05, 4.69) is 0 Å². The topological polar surface area (TPSA) is 77.9 Å². The summed E-state index contributed by atoms with van der Waals surface area (Å²) in [5, 5.41) is 10.2. The van der Waals surface area contributed by atoms with Crippen LogP contribution in [0.4, 0.5) is 0 Å². The Bertz CT molecular complexity index is 763. The molecule has 1 aromatic carbocycles. The van der Waals surface area contributed by atoms with E-state index in [1.165, 1.54) is 4.31 Å². The highest BCUT2D eigenvalue weighted by Crippen LogP contribution is 2.28. The van der Waals surface area contributed by atoms with Crippen molar-refractivity contribution in [3.05, 3.63) is 29.8 Å². The molecule has 0 radical (unpaired) electrons. The number of hydrogen-bond acceptors (Lipinski definition) is 4. The number of aryl methyl sites for hydroxylation is 1. The number of nitrogens with zero attached hydrogens (tertiary/aromatic N) is 2. The van der Waals surface area contributed by atoms with Crippen LogP contribution in [0.25, 0.3) is 0 Å². The molecule has 1 aliphatic heterocycles. The molecule has 1 N–H and O–H groups in total. The van der Waals surface area contributed by atoms with E-state index >= 15 is 0 Å². The van der Waals surface area contributed by atoms with E-state index in [1.807, 2.05) is 6.92 Å². The number of amides is 1. The zero-order valence-electron chi connectivity index (χ0n) is 16.2. The van der Waals surface area contributed by atoms with E-state index in [9.17, 15) is 18.3 Å². The number of carbonyl (C=O) groups is 1. The first kappa shape index (κ1) is 20.3. The minimum absolute atomic E-state index is 0.0512. The summed E-state index contributed by atoms with van der Waals surface area (Å²) in [6.45, 7) is 2.57. The summed E-state index contributed by atoms with van der Waals surface area (Å²) < 4.78 is 27.3. The predicted molar refractivity (Wildman–Crippen MR) is 104 cm³/mol. The molecule has 2 fully saturated rings. The van der Waals surface area contributed by atoms with Gasteiger partial charge in [-0.15, -0.1) is 0 Å². The van der Waals surface area contributed by atoms with Gasteiger partial charge in [-0.3, -0.25) is 4.79 Å². The number of rotatable bonds is 4. The maximum atomic E-state index is 13.0. The van der Waals surface area contributed by atoms with Crippen molar-refractivity contribution in [2.24, 2.45) is 5.92 Å². The number of hydrogen-bond donors (Lipinski definition) is 1. The first-order valence-corrected chi connectivity index (χ1v) is 11.3. The van der Waals surface area contributed by atoms with Gasteiger partial charge in [0.25, 0.3) is 0 Å². The summed E-state index contributed by atoms with van der Waals surface area (Å²) >= 11 is 0.